The van der Waals surface area contributed by atoms with Crippen molar-refractivity contribution in [2.24, 2.45) is 0 Å². The normalized spacial score (nSPS) is 10.1. The van der Waals surface area contributed by atoms with Gasteiger partial charge in [-0.1, -0.05) is 12.6 Å². The first-order valence-corrected chi connectivity index (χ1v) is 4.27. The third-order valence-electron chi connectivity index (χ3n) is 1.79. The third-order valence-corrected chi connectivity index (χ3v) is 2.04. The lowest BCUT2D eigenvalue weighted by molar-refractivity contribution is -0.131. The highest BCUT2D eigenvalue weighted by atomic mass is 32.1. The second-order valence-corrected chi connectivity index (χ2v) is 3.26. The Labute approximate surface area is 81.5 Å². The van der Waals surface area contributed by atoms with Crippen LogP contribution in [0.25, 0.3) is 0 Å². The molecule has 1 heterocycles. The summed E-state index contributed by atoms with van der Waals surface area (Å²) in [7, 11) is 0. The lowest BCUT2D eigenvalue weighted by Crippen LogP contribution is -2.09. The van der Waals surface area contributed by atoms with Gasteiger partial charge in [0.05, 0.1) is 6.42 Å². The summed E-state index contributed by atoms with van der Waals surface area (Å²) in [6, 6.07) is 1.75. The van der Waals surface area contributed by atoms with Crippen LogP contribution in [0.2, 0.25) is 0 Å². The van der Waals surface area contributed by atoms with E-state index in [4.69, 9.17) is 4.42 Å². The fourth-order valence-corrected chi connectivity index (χ4v) is 1.05. The summed E-state index contributed by atoms with van der Waals surface area (Å²) in [6.07, 6.45) is -0.00296. The van der Waals surface area contributed by atoms with Gasteiger partial charge in [0, 0.05) is 0 Å². The van der Waals surface area contributed by atoms with E-state index in [9.17, 15) is 9.59 Å². The molecule has 0 aromatic carbocycles. The molecule has 0 aliphatic carbocycles. The van der Waals surface area contributed by atoms with Gasteiger partial charge < -0.3 is 4.42 Å². The van der Waals surface area contributed by atoms with Gasteiger partial charge in [-0.25, -0.2) is 0 Å². The van der Waals surface area contributed by atoms with Gasteiger partial charge in [0.25, 0.3) is 5.12 Å². The molecule has 0 bridgehead atoms. The quantitative estimate of drug-likeness (QED) is 0.591. The molecule has 0 radical (unpaired) electrons. The van der Waals surface area contributed by atoms with Crippen LogP contribution in [-0.4, -0.2) is 10.9 Å². The smallest absolute Gasteiger partial charge is 0.252 e. The zero-order chi connectivity index (χ0) is 10.0. The molecule has 1 aromatic rings. The Bertz CT molecular complexity index is 332. The number of Topliss-reactive ketones (excluding diaryl/α,β-unsaturated/α-hetero) is 1. The van der Waals surface area contributed by atoms with E-state index in [0.717, 1.165) is 11.3 Å². The SMILES string of the molecule is Cc1cc(CC(=O)C(=O)S)oc1C. The van der Waals surface area contributed by atoms with Gasteiger partial charge in [0.15, 0.2) is 0 Å². The Hall–Kier alpha value is -1.03. The second kappa shape index (κ2) is 3.79. The molecular formula is C9H10O3S. The lowest BCUT2D eigenvalue weighted by Gasteiger charge is -1.90. The maximum Gasteiger partial charge on any atom is 0.252 e. The number of ketones is 1. The fourth-order valence-electron chi connectivity index (χ4n) is 0.971. The zero-order valence-electron chi connectivity index (χ0n) is 7.46. The minimum atomic E-state index is -0.730. The second-order valence-electron chi connectivity index (χ2n) is 2.86. The van der Waals surface area contributed by atoms with Crippen molar-refractivity contribution >= 4 is 23.5 Å². The number of aryl methyl sites for hydroxylation is 2. The molecule has 0 atom stereocenters. The number of hydrogen-bond donors (Lipinski definition) is 1. The van der Waals surface area contributed by atoms with Crippen LogP contribution in [-0.2, 0) is 16.0 Å². The van der Waals surface area contributed by atoms with Crippen molar-refractivity contribution in [1.29, 1.82) is 0 Å². The Balaban J connectivity index is 2.75. The minimum Gasteiger partial charge on any atom is -0.466 e. The molecule has 0 saturated carbocycles. The molecule has 0 aliphatic rings. The van der Waals surface area contributed by atoms with Gasteiger partial charge in [-0.05, 0) is 25.5 Å². The van der Waals surface area contributed by atoms with E-state index in [1.54, 1.807) is 6.07 Å². The van der Waals surface area contributed by atoms with Crippen LogP contribution in [0.5, 0.6) is 0 Å². The molecule has 0 unspecified atom stereocenters. The number of thiol groups is 1. The largest absolute Gasteiger partial charge is 0.466 e. The molecule has 1 rings (SSSR count). The molecule has 70 valence electrons. The van der Waals surface area contributed by atoms with Crippen LogP contribution in [0.15, 0.2) is 10.5 Å². The van der Waals surface area contributed by atoms with Crippen LogP contribution in [0, 0.1) is 13.8 Å². The van der Waals surface area contributed by atoms with Gasteiger partial charge in [0.1, 0.15) is 11.5 Å². The first kappa shape index (κ1) is 10.1. The Morgan fingerprint density at radius 3 is 2.46 bits per heavy atom. The van der Waals surface area contributed by atoms with Crippen molar-refractivity contribution in [3.8, 4) is 0 Å². The highest BCUT2D eigenvalue weighted by Gasteiger charge is 2.13. The topological polar surface area (TPSA) is 47.3 Å². The summed E-state index contributed by atoms with van der Waals surface area (Å²) in [5.41, 5.74) is 0.981. The van der Waals surface area contributed by atoms with E-state index in [-0.39, 0.29) is 6.42 Å². The molecule has 13 heavy (non-hydrogen) atoms. The van der Waals surface area contributed by atoms with Crippen LogP contribution in [0.1, 0.15) is 17.1 Å². The van der Waals surface area contributed by atoms with E-state index < -0.39 is 10.9 Å². The molecule has 0 aliphatic heterocycles. The van der Waals surface area contributed by atoms with Crippen molar-refractivity contribution in [3.63, 3.8) is 0 Å². The van der Waals surface area contributed by atoms with Crippen molar-refractivity contribution in [1.82, 2.24) is 0 Å². The van der Waals surface area contributed by atoms with E-state index in [0.29, 0.717) is 5.76 Å². The van der Waals surface area contributed by atoms with E-state index in [1.165, 1.54) is 0 Å². The Morgan fingerprint density at radius 1 is 1.46 bits per heavy atom. The van der Waals surface area contributed by atoms with Gasteiger partial charge in [0.2, 0.25) is 5.78 Å². The molecule has 0 amide bonds. The number of carbonyl (C=O) groups excluding carboxylic acids is 2. The fraction of sp³-hybridized carbons (Fsp3) is 0.333. The number of hydrogen-bond acceptors (Lipinski definition) is 3. The molecule has 0 N–H and O–H groups in total. The Kier molecular flexibility index (Phi) is 2.93. The standard InChI is InChI=1S/C9H10O3S/c1-5-3-7(12-6(5)2)4-8(10)9(11)13/h3H,4H2,1-2H3,(H,11,13). The molecule has 4 heteroatoms. The minimum absolute atomic E-state index is 0.00296. The third kappa shape index (κ3) is 2.45. The van der Waals surface area contributed by atoms with Crippen LogP contribution in [0.3, 0.4) is 0 Å². The van der Waals surface area contributed by atoms with Crippen LogP contribution < -0.4 is 0 Å². The molecular weight excluding hydrogens is 188 g/mol. The number of furan rings is 1. The summed E-state index contributed by atoms with van der Waals surface area (Å²) in [6.45, 7) is 3.70. The monoisotopic (exact) mass is 198 g/mol. The molecule has 1 aromatic heterocycles. The first-order chi connectivity index (χ1) is 6.00. The number of rotatable bonds is 3. The maximum atomic E-state index is 10.9. The van der Waals surface area contributed by atoms with Crippen molar-refractivity contribution in [3.05, 3.63) is 23.2 Å². The summed E-state index contributed by atoms with van der Waals surface area (Å²) in [4.78, 5) is 21.5. The highest BCUT2D eigenvalue weighted by molar-refractivity contribution is 7.98. The molecule has 3 nitrogen and oxygen atoms in total. The summed E-state index contributed by atoms with van der Waals surface area (Å²) >= 11 is 3.43. The molecule has 0 saturated heterocycles. The van der Waals surface area contributed by atoms with Gasteiger partial charge >= 0.3 is 0 Å². The van der Waals surface area contributed by atoms with Crippen LogP contribution in [0.4, 0.5) is 0 Å². The van der Waals surface area contributed by atoms with Crippen molar-refractivity contribution in [2.75, 3.05) is 0 Å². The van der Waals surface area contributed by atoms with Crippen molar-refractivity contribution < 1.29 is 14.0 Å². The Morgan fingerprint density at radius 2 is 2.08 bits per heavy atom. The van der Waals surface area contributed by atoms with Gasteiger partial charge in [-0.3, -0.25) is 9.59 Å². The van der Waals surface area contributed by atoms with Gasteiger partial charge in [-0.2, -0.15) is 0 Å². The van der Waals surface area contributed by atoms with Gasteiger partial charge in [-0.15, -0.1) is 0 Å². The molecule has 0 spiro atoms. The van der Waals surface area contributed by atoms with E-state index in [2.05, 4.69) is 12.6 Å². The summed E-state index contributed by atoms with van der Waals surface area (Å²) in [5.74, 6) is 0.744. The zero-order valence-corrected chi connectivity index (χ0v) is 8.35. The summed E-state index contributed by atoms with van der Waals surface area (Å²) in [5, 5.41) is -0.730. The van der Waals surface area contributed by atoms with Crippen LogP contribution >= 0.6 is 12.6 Å². The predicted molar refractivity (Wildman–Crippen MR) is 50.9 cm³/mol. The average Bonchev–Trinajstić information content (AvgIpc) is 2.31. The predicted octanol–water partition coefficient (Wildman–Crippen LogP) is 1.46. The van der Waals surface area contributed by atoms with E-state index >= 15 is 0 Å². The van der Waals surface area contributed by atoms with Crippen molar-refractivity contribution in [2.45, 2.75) is 20.3 Å². The average molecular weight is 198 g/mol. The summed E-state index contributed by atoms with van der Waals surface area (Å²) < 4.78 is 5.23. The highest BCUT2D eigenvalue weighted by Crippen LogP contribution is 2.13. The first-order valence-electron chi connectivity index (χ1n) is 3.82. The lowest BCUT2D eigenvalue weighted by atomic mass is 10.2. The maximum absolute atomic E-state index is 10.9. The molecule has 0 fully saturated rings. The number of carbonyl (C=O) groups is 2. The van der Waals surface area contributed by atoms with E-state index in [1.807, 2.05) is 13.8 Å².